The first kappa shape index (κ1) is 19.9. The second-order valence-electron chi connectivity index (χ2n) is 6.87. The molecule has 0 amide bonds. The summed E-state index contributed by atoms with van der Waals surface area (Å²) in [5.74, 6) is 1.74. The number of aryl methyl sites for hydroxylation is 1. The number of aromatic nitrogens is 1. The lowest BCUT2D eigenvalue weighted by molar-refractivity contribution is 0.444. The Morgan fingerprint density at radius 1 is 0.759 bits per heavy atom. The van der Waals surface area contributed by atoms with Gasteiger partial charge in [-0.25, -0.2) is 0 Å². The van der Waals surface area contributed by atoms with Crippen LogP contribution in [-0.4, -0.2) is 10.7 Å². The molecular weight excluding hydrogens is 393 g/mol. The highest BCUT2D eigenvalue weighted by molar-refractivity contribution is 8.04. The van der Waals surface area contributed by atoms with E-state index in [0.29, 0.717) is 0 Å². The summed E-state index contributed by atoms with van der Waals surface area (Å²) < 4.78 is 6.17. The van der Waals surface area contributed by atoms with Crippen molar-refractivity contribution in [3.63, 3.8) is 0 Å². The summed E-state index contributed by atoms with van der Waals surface area (Å²) in [5, 5.41) is 4.84. The molecule has 4 rings (SSSR count). The van der Waals surface area contributed by atoms with Crippen LogP contribution in [0.5, 0.6) is 0 Å². The van der Waals surface area contributed by atoms with Gasteiger partial charge in [-0.2, -0.15) is 4.98 Å². The number of hydrogen-bond donors (Lipinski definition) is 0. The highest BCUT2D eigenvalue weighted by atomic mass is 32.2. The van der Waals surface area contributed by atoms with E-state index >= 15 is 0 Å². The van der Waals surface area contributed by atoms with Crippen molar-refractivity contribution in [3.05, 3.63) is 96.9 Å². The normalized spacial score (nSPS) is 11.5. The Morgan fingerprint density at radius 2 is 1.21 bits per heavy atom. The van der Waals surface area contributed by atoms with Crippen molar-refractivity contribution in [3.8, 4) is 0 Å². The lowest BCUT2D eigenvalue weighted by Crippen LogP contribution is -2.40. The van der Waals surface area contributed by atoms with E-state index in [1.807, 2.05) is 6.92 Å². The number of rotatable bonds is 7. The smallest absolute Gasteiger partial charge is 0.250 e. The molecule has 4 heteroatoms. The molecule has 0 unspecified atom stereocenters. The Bertz CT molecular complexity index is 951. The van der Waals surface area contributed by atoms with Gasteiger partial charge >= 0.3 is 0 Å². The molecule has 1 aromatic heterocycles. The summed E-state index contributed by atoms with van der Waals surface area (Å²) in [4.78, 5) is 5.03. The lowest BCUT2D eigenvalue weighted by Gasteiger charge is -2.25. The number of oxazole rings is 1. The quantitative estimate of drug-likeness (QED) is 0.308. The Hall–Kier alpha value is -2.35. The first-order valence-electron chi connectivity index (χ1n) is 9.93. The van der Waals surface area contributed by atoms with Gasteiger partial charge in [0, 0.05) is 12.7 Å². The van der Waals surface area contributed by atoms with Gasteiger partial charge in [-0.05, 0) is 42.8 Å². The van der Waals surface area contributed by atoms with Crippen LogP contribution in [-0.2, 0) is 0 Å². The number of nitrogens with zero attached hydrogens (tertiary/aromatic N) is 1. The molecule has 0 spiro atoms. The number of benzene rings is 3. The minimum Gasteiger partial charge on any atom is -0.430 e. The van der Waals surface area contributed by atoms with Gasteiger partial charge < -0.3 is 4.42 Å². The summed E-state index contributed by atoms with van der Waals surface area (Å²) >= 11 is 1.78. The molecule has 146 valence electrons. The standard InChI is InChI=1S/C25H25NOPS/c1-3-19-29-25-24(26-20(2)27-25)28(21-13-7-4-8-14-21,22-15-9-5-10-16-22)23-17-11-6-12-18-23/h4-18H,3,19H2,1-2H3/q+1. The van der Waals surface area contributed by atoms with Gasteiger partial charge in [0.15, 0.2) is 13.2 Å². The fourth-order valence-corrected chi connectivity index (χ4v) is 9.11. The van der Waals surface area contributed by atoms with Crippen LogP contribution in [0.4, 0.5) is 0 Å². The summed E-state index contributed by atoms with van der Waals surface area (Å²) in [5.41, 5.74) is 1.08. The largest absolute Gasteiger partial charge is 0.430 e. The van der Waals surface area contributed by atoms with Gasteiger partial charge in [0.05, 0.1) is 0 Å². The third kappa shape index (κ3) is 3.77. The highest BCUT2D eigenvalue weighted by Crippen LogP contribution is 2.55. The molecule has 0 saturated carbocycles. The SMILES string of the molecule is CCCSc1oc(C)nc1[P+](c1ccccc1)(c1ccccc1)c1ccccc1. The molecule has 0 fully saturated rings. The fraction of sp³-hybridized carbons (Fsp3) is 0.160. The second-order valence-corrected chi connectivity index (χ2v) is 11.3. The summed E-state index contributed by atoms with van der Waals surface area (Å²) in [6.07, 6.45) is 1.09. The van der Waals surface area contributed by atoms with Crippen molar-refractivity contribution in [2.75, 3.05) is 5.75 Å². The van der Waals surface area contributed by atoms with Crippen molar-refractivity contribution >= 4 is 40.4 Å². The molecule has 0 saturated heterocycles. The van der Waals surface area contributed by atoms with Gasteiger partial charge in [-0.3, -0.25) is 0 Å². The predicted molar refractivity (Wildman–Crippen MR) is 127 cm³/mol. The van der Waals surface area contributed by atoms with Gasteiger partial charge in [0.25, 0.3) is 5.44 Å². The molecule has 0 radical (unpaired) electrons. The maximum atomic E-state index is 6.17. The Morgan fingerprint density at radius 3 is 1.62 bits per heavy atom. The van der Waals surface area contributed by atoms with E-state index in [1.54, 1.807) is 11.8 Å². The van der Waals surface area contributed by atoms with E-state index in [0.717, 1.165) is 28.6 Å². The summed E-state index contributed by atoms with van der Waals surface area (Å²) in [6, 6.07) is 32.4. The zero-order valence-corrected chi connectivity index (χ0v) is 18.5. The van der Waals surface area contributed by atoms with Crippen LogP contribution in [0.15, 0.2) is 101 Å². The minimum absolute atomic E-state index is 0.728. The van der Waals surface area contributed by atoms with Gasteiger partial charge in [-0.1, -0.05) is 73.3 Å². The third-order valence-electron chi connectivity index (χ3n) is 4.87. The van der Waals surface area contributed by atoms with Crippen LogP contribution in [0.3, 0.4) is 0 Å². The molecule has 0 N–H and O–H groups in total. The molecule has 4 aromatic rings. The number of hydrogen-bond acceptors (Lipinski definition) is 3. The van der Waals surface area contributed by atoms with Gasteiger partial charge in [0.1, 0.15) is 15.9 Å². The maximum Gasteiger partial charge on any atom is 0.250 e. The molecule has 0 bridgehead atoms. The van der Waals surface area contributed by atoms with E-state index in [9.17, 15) is 0 Å². The van der Waals surface area contributed by atoms with E-state index in [1.165, 1.54) is 15.9 Å². The molecule has 1 heterocycles. The second kappa shape index (κ2) is 8.98. The predicted octanol–water partition coefficient (Wildman–Crippen LogP) is 5.10. The van der Waals surface area contributed by atoms with E-state index in [2.05, 4.69) is 97.9 Å². The van der Waals surface area contributed by atoms with Crippen LogP contribution in [0.1, 0.15) is 19.2 Å². The zero-order valence-electron chi connectivity index (χ0n) is 16.8. The summed E-state index contributed by atoms with van der Waals surface area (Å²) in [7, 11) is -2.19. The third-order valence-corrected chi connectivity index (χ3v) is 10.3. The molecule has 0 aliphatic carbocycles. The van der Waals surface area contributed by atoms with Gasteiger partial charge in [0.2, 0.25) is 5.09 Å². The molecule has 29 heavy (non-hydrogen) atoms. The van der Waals surface area contributed by atoms with Crippen molar-refractivity contribution in [2.45, 2.75) is 25.4 Å². The maximum absolute atomic E-state index is 6.17. The van der Waals surface area contributed by atoms with Crippen LogP contribution in [0.25, 0.3) is 0 Å². The highest BCUT2D eigenvalue weighted by Gasteiger charge is 2.52. The monoisotopic (exact) mass is 418 g/mol. The molecule has 0 atom stereocenters. The van der Waals surface area contributed by atoms with Crippen LogP contribution in [0, 0.1) is 6.92 Å². The lowest BCUT2D eigenvalue weighted by atomic mass is 10.4. The Labute approximate surface area is 177 Å². The van der Waals surface area contributed by atoms with Crippen molar-refractivity contribution in [1.82, 2.24) is 4.98 Å². The first-order valence-corrected chi connectivity index (χ1v) is 12.7. The Balaban J connectivity index is 2.10. The van der Waals surface area contributed by atoms with E-state index < -0.39 is 7.26 Å². The first-order chi connectivity index (χ1) is 14.3. The Kier molecular flexibility index (Phi) is 6.18. The van der Waals surface area contributed by atoms with E-state index in [4.69, 9.17) is 9.40 Å². The van der Waals surface area contributed by atoms with E-state index in [-0.39, 0.29) is 0 Å². The molecular formula is C25H25NOPS+. The average molecular weight is 419 g/mol. The summed E-state index contributed by atoms with van der Waals surface area (Å²) in [6.45, 7) is 4.15. The van der Waals surface area contributed by atoms with Crippen LogP contribution in [0.2, 0.25) is 0 Å². The van der Waals surface area contributed by atoms with Crippen molar-refractivity contribution in [2.24, 2.45) is 0 Å². The van der Waals surface area contributed by atoms with Crippen LogP contribution < -0.4 is 21.3 Å². The fourth-order valence-electron chi connectivity index (χ4n) is 3.67. The average Bonchev–Trinajstić information content (AvgIpc) is 3.16. The molecule has 2 nitrogen and oxygen atoms in total. The van der Waals surface area contributed by atoms with Gasteiger partial charge in [-0.15, -0.1) is 0 Å². The molecule has 0 aliphatic rings. The minimum atomic E-state index is -2.19. The zero-order chi connectivity index (χ0) is 20.1. The van der Waals surface area contributed by atoms with Crippen LogP contribution >= 0.6 is 19.0 Å². The number of thioether (sulfide) groups is 1. The van der Waals surface area contributed by atoms with Crippen molar-refractivity contribution < 1.29 is 4.42 Å². The molecule has 3 aromatic carbocycles. The van der Waals surface area contributed by atoms with Crippen molar-refractivity contribution in [1.29, 1.82) is 0 Å². The molecule has 0 aliphatic heterocycles. The topological polar surface area (TPSA) is 26.0 Å².